The normalized spacial score (nSPS) is 16.4. The summed E-state index contributed by atoms with van der Waals surface area (Å²) in [6, 6.07) is 18.6. The average molecular weight is 382 g/mol. The Hall–Kier alpha value is -2.53. The average Bonchev–Trinajstić information content (AvgIpc) is 2.74. The highest BCUT2D eigenvalue weighted by Crippen LogP contribution is 2.20. The summed E-state index contributed by atoms with van der Waals surface area (Å²) in [7, 11) is 1.66. The molecule has 2 aromatic rings. The van der Waals surface area contributed by atoms with Gasteiger partial charge in [-0.15, -0.1) is 0 Å². The van der Waals surface area contributed by atoms with E-state index in [-0.39, 0.29) is 18.1 Å². The number of hydrogen-bond acceptors (Lipinski definition) is 3. The van der Waals surface area contributed by atoms with Crippen molar-refractivity contribution in [2.24, 2.45) is 0 Å². The molecule has 28 heavy (non-hydrogen) atoms. The second-order valence-electron chi connectivity index (χ2n) is 7.39. The van der Waals surface area contributed by atoms with Crippen molar-refractivity contribution in [2.75, 3.05) is 20.2 Å². The zero-order valence-electron chi connectivity index (χ0n) is 16.9. The van der Waals surface area contributed by atoms with Crippen LogP contribution in [-0.4, -0.2) is 37.2 Å². The van der Waals surface area contributed by atoms with Gasteiger partial charge >= 0.3 is 6.03 Å². The number of benzene rings is 2. The molecule has 1 saturated heterocycles. The smallest absolute Gasteiger partial charge is 0.315 e. The molecule has 2 aromatic carbocycles. The van der Waals surface area contributed by atoms with Crippen LogP contribution < -0.4 is 15.4 Å². The number of methoxy groups -OCH3 is 1. The second kappa shape index (κ2) is 10.1. The minimum absolute atomic E-state index is 0.00377. The Bertz CT molecular complexity index is 725. The molecule has 0 radical (unpaired) electrons. The van der Waals surface area contributed by atoms with Gasteiger partial charge in [-0.1, -0.05) is 49.4 Å². The van der Waals surface area contributed by atoms with E-state index in [2.05, 4.69) is 46.7 Å². The van der Waals surface area contributed by atoms with Gasteiger partial charge in [-0.05, 0) is 42.5 Å². The Balaban J connectivity index is 1.44. The highest BCUT2D eigenvalue weighted by Gasteiger charge is 2.22. The molecule has 0 aromatic heterocycles. The Morgan fingerprint density at radius 1 is 1.11 bits per heavy atom. The maximum absolute atomic E-state index is 12.5. The minimum Gasteiger partial charge on any atom is -0.497 e. The summed E-state index contributed by atoms with van der Waals surface area (Å²) in [5.41, 5.74) is 2.44. The maximum atomic E-state index is 12.5. The number of likely N-dealkylation sites (tertiary alicyclic amines) is 1. The quantitative estimate of drug-likeness (QED) is 0.759. The second-order valence-corrected chi connectivity index (χ2v) is 7.39. The third-order valence-corrected chi connectivity index (χ3v) is 5.40. The molecule has 1 heterocycles. The monoisotopic (exact) mass is 381 g/mol. The molecule has 0 aliphatic carbocycles. The van der Waals surface area contributed by atoms with Crippen molar-refractivity contribution in [1.82, 2.24) is 15.5 Å². The SMILES string of the molecule is CCC(NC(=O)NC1CCN(Cc2ccccc2)CC1)c1ccc(OC)cc1. The van der Waals surface area contributed by atoms with Gasteiger partial charge < -0.3 is 15.4 Å². The van der Waals surface area contributed by atoms with Gasteiger partial charge in [0.25, 0.3) is 0 Å². The van der Waals surface area contributed by atoms with Crippen molar-refractivity contribution in [3.05, 3.63) is 65.7 Å². The lowest BCUT2D eigenvalue weighted by molar-refractivity contribution is 0.185. The molecule has 2 amide bonds. The van der Waals surface area contributed by atoms with Crippen LogP contribution in [0.4, 0.5) is 4.79 Å². The van der Waals surface area contributed by atoms with E-state index in [1.54, 1.807) is 7.11 Å². The summed E-state index contributed by atoms with van der Waals surface area (Å²) < 4.78 is 5.21. The largest absolute Gasteiger partial charge is 0.497 e. The predicted molar refractivity (Wildman–Crippen MR) is 112 cm³/mol. The molecular weight excluding hydrogens is 350 g/mol. The van der Waals surface area contributed by atoms with E-state index < -0.39 is 0 Å². The first-order valence-corrected chi connectivity index (χ1v) is 10.1. The van der Waals surface area contributed by atoms with Crippen molar-refractivity contribution >= 4 is 6.03 Å². The van der Waals surface area contributed by atoms with Crippen molar-refractivity contribution < 1.29 is 9.53 Å². The number of urea groups is 1. The fourth-order valence-electron chi connectivity index (χ4n) is 3.72. The van der Waals surface area contributed by atoms with Crippen LogP contribution in [0, 0.1) is 0 Å². The molecule has 150 valence electrons. The number of nitrogens with zero attached hydrogens (tertiary/aromatic N) is 1. The lowest BCUT2D eigenvalue weighted by Crippen LogP contribution is -2.48. The topological polar surface area (TPSA) is 53.6 Å². The van der Waals surface area contributed by atoms with Crippen LogP contribution in [0.3, 0.4) is 0 Å². The summed E-state index contributed by atoms with van der Waals surface area (Å²) in [6.45, 7) is 5.08. The Labute approximate surface area is 168 Å². The van der Waals surface area contributed by atoms with Crippen molar-refractivity contribution in [3.63, 3.8) is 0 Å². The van der Waals surface area contributed by atoms with Gasteiger partial charge in [-0.2, -0.15) is 0 Å². The Morgan fingerprint density at radius 2 is 1.79 bits per heavy atom. The van der Waals surface area contributed by atoms with Gasteiger partial charge in [0, 0.05) is 25.7 Å². The Morgan fingerprint density at radius 3 is 2.39 bits per heavy atom. The van der Waals surface area contributed by atoms with Crippen LogP contribution >= 0.6 is 0 Å². The highest BCUT2D eigenvalue weighted by atomic mass is 16.5. The molecule has 1 unspecified atom stereocenters. The predicted octanol–water partition coefficient (Wildman–Crippen LogP) is 4.11. The highest BCUT2D eigenvalue weighted by molar-refractivity contribution is 5.74. The van der Waals surface area contributed by atoms with E-state index in [0.717, 1.165) is 50.2 Å². The van der Waals surface area contributed by atoms with E-state index in [1.165, 1.54) is 5.56 Å². The van der Waals surface area contributed by atoms with E-state index >= 15 is 0 Å². The summed E-state index contributed by atoms with van der Waals surface area (Å²) in [5, 5.41) is 6.27. The van der Waals surface area contributed by atoms with Crippen LogP contribution in [0.15, 0.2) is 54.6 Å². The standard InChI is InChI=1S/C23H31N3O2/c1-3-22(19-9-11-21(28-2)12-10-19)25-23(27)24-20-13-15-26(16-14-20)17-18-7-5-4-6-8-18/h4-12,20,22H,3,13-17H2,1-2H3,(H2,24,25,27). The first-order chi connectivity index (χ1) is 13.7. The molecule has 1 aliphatic rings. The molecule has 1 aliphatic heterocycles. The molecule has 2 N–H and O–H groups in total. The summed E-state index contributed by atoms with van der Waals surface area (Å²) in [6.07, 6.45) is 2.81. The number of amides is 2. The number of carbonyl (C=O) groups excluding carboxylic acids is 1. The number of hydrogen-bond donors (Lipinski definition) is 2. The van der Waals surface area contributed by atoms with E-state index in [9.17, 15) is 4.79 Å². The molecular formula is C23H31N3O2. The van der Waals surface area contributed by atoms with Gasteiger partial charge in [0.05, 0.1) is 13.2 Å². The summed E-state index contributed by atoms with van der Waals surface area (Å²) in [5.74, 6) is 0.824. The number of rotatable bonds is 7. The Kier molecular flexibility index (Phi) is 7.31. The molecule has 1 fully saturated rings. The molecule has 5 nitrogen and oxygen atoms in total. The van der Waals surface area contributed by atoms with Crippen molar-refractivity contribution in [3.8, 4) is 5.75 Å². The zero-order chi connectivity index (χ0) is 19.8. The summed E-state index contributed by atoms with van der Waals surface area (Å²) in [4.78, 5) is 14.9. The molecule has 3 rings (SSSR count). The van der Waals surface area contributed by atoms with Crippen LogP contribution in [0.2, 0.25) is 0 Å². The third kappa shape index (κ3) is 5.73. The zero-order valence-corrected chi connectivity index (χ0v) is 16.9. The molecule has 0 saturated carbocycles. The number of nitrogens with one attached hydrogen (secondary N) is 2. The number of ether oxygens (including phenoxy) is 1. The molecule has 5 heteroatoms. The first-order valence-electron chi connectivity index (χ1n) is 10.1. The first kappa shape index (κ1) is 20.2. The van der Waals surface area contributed by atoms with Crippen LogP contribution in [-0.2, 0) is 6.54 Å². The maximum Gasteiger partial charge on any atom is 0.315 e. The van der Waals surface area contributed by atoms with E-state index in [1.807, 2.05) is 30.3 Å². The minimum atomic E-state index is -0.0795. The number of piperidine rings is 1. The van der Waals surface area contributed by atoms with Crippen LogP contribution in [0.1, 0.15) is 43.4 Å². The van der Waals surface area contributed by atoms with Crippen molar-refractivity contribution in [2.45, 2.75) is 44.8 Å². The van der Waals surface area contributed by atoms with Gasteiger partial charge in [-0.25, -0.2) is 4.79 Å². The van der Waals surface area contributed by atoms with E-state index in [0.29, 0.717) is 0 Å². The third-order valence-electron chi connectivity index (χ3n) is 5.40. The van der Waals surface area contributed by atoms with Crippen LogP contribution in [0.5, 0.6) is 5.75 Å². The fourth-order valence-corrected chi connectivity index (χ4v) is 3.72. The van der Waals surface area contributed by atoms with Crippen LogP contribution in [0.25, 0.3) is 0 Å². The lowest BCUT2D eigenvalue weighted by Gasteiger charge is -2.32. The van der Waals surface area contributed by atoms with E-state index in [4.69, 9.17) is 4.74 Å². The summed E-state index contributed by atoms with van der Waals surface area (Å²) >= 11 is 0. The van der Waals surface area contributed by atoms with Gasteiger partial charge in [0.2, 0.25) is 0 Å². The van der Waals surface area contributed by atoms with Gasteiger partial charge in [-0.3, -0.25) is 4.90 Å². The molecule has 0 bridgehead atoms. The lowest BCUT2D eigenvalue weighted by atomic mass is 10.0. The fraction of sp³-hybridized carbons (Fsp3) is 0.435. The van der Waals surface area contributed by atoms with Gasteiger partial charge in [0.15, 0.2) is 0 Å². The molecule has 1 atom stereocenters. The van der Waals surface area contributed by atoms with Gasteiger partial charge in [0.1, 0.15) is 5.75 Å². The number of carbonyl (C=O) groups is 1. The van der Waals surface area contributed by atoms with Crippen molar-refractivity contribution in [1.29, 1.82) is 0 Å². The molecule has 0 spiro atoms.